The van der Waals surface area contributed by atoms with Crippen molar-refractivity contribution in [3.8, 4) is 5.75 Å². The Kier molecular flexibility index (Phi) is 6.99. The van der Waals surface area contributed by atoms with Crippen LogP contribution in [0.4, 0.5) is 9.18 Å². The number of likely N-dealkylation sites (tertiary alicyclic amines) is 1. The van der Waals surface area contributed by atoms with Gasteiger partial charge in [-0.05, 0) is 36.2 Å². The molecule has 2 aliphatic rings. The first-order chi connectivity index (χ1) is 16.8. The average molecular weight is 483 g/mol. The maximum absolute atomic E-state index is 13.4. The second kappa shape index (κ2) is 10.1. The molecule has 1 unspecified atom stereocenters. The van der Waals surface area contributed by atoms with E-state index in [2.05, 4.69) is 5.10 Å². The molecule has 2 aromatic rings. The zero-order valence-corrected chi connectivity index (χ0v) is 19.4. The SMILES string of the molecule is CN1N=C2CCN(C(=O)C(CCOc3ccc(F)cc3)OC(N)=O)C[C@@]2(Cc2ccccc2)C1=O. The summed E-state index contributed by atoms with van der Waals surface area (Å²) < 4.78 is 23.8. The smallest absolute Gasteiger partial charge is 0.405 e. The van der Waals surface area contributed by atoms with Gasteiger partial charge < -0.3 is 20.1 Å². The summed E-state index contributed by atoms with van der Waals surface area (Å²) in [6.07, 6.45) is -1.41. The molecule has 10 heteroatoms. The molecule has 184 valence electrons. The van der Waals surface area contributed by atoms with Gasteiger partial charge in [-0.2, -0.15) is 5.10 Å². The lowest BCUT2D eigenvalue weighted by molar-refractivity contribution is -0.145. The average Bonchev–Trinajstić information content (AvgIpc) is 3.08. The largest absolute Gasteiger partial charge is 0.493 e. The number of hydrazone groups is 1. The van der Waals surface area contributed by atoms with Crippen LogP contribution in [0, 0.1) is 11.2 Å². The van der Waals surface area contributed by atoms with Gasteiger partial charge in [0.2, 0.25) is 0 Å². The van der Waals surface area contributed by atoms with Crippen molar-refractivity contribution >= 4 is 23.6 Å². The van der Waals surface area contributed by atoms with Crippen LogP contribution in [0.5, 0.6) is 5.75 Å². The number of piperidine rings is 1. The van der Waals surface area contributed by atoms with Crippen molar-refractivity contribution < 1.29 is 28.2 Å². The van der Waals surface area contributed by atoms with Gasteiger partial charge in [-0.25, -0.2) is 14.2 Å². The number of carbonyl (C=O) groups is 3. The lowest BCUT2D eigenvalue weighted by atomic mass is 9.73. The molecule has 0 aliphatic carbocycles. The summed E-state index contributed by atoms with van der Waals surface area (Å²) in [5.41, 5.74) is 5.93. The van der Waals surface area contributed by atoms with Crippen molar-refractivity contribution in [1.82, 2.24) is 9.91 Å². The number of hydrogen-bond donors (Lipinski definition) is 1. The van der Waals surface area contributed by atoms with Crippen LogP contribution >= 0.6 is 0 Å². The molecule has 0 spiro atoms. The van der Waals surface area contributed by atoms with Crippen LogP contribution in [-0.2, 0) is 20.7 Å². The second-order valence-electron chi connectivity index (χ2n) is 8.65. The maximum Gasteiger partial charge on any atom is 0.405 e. The molecule has 2 aliphatic heterocycles. The van der Waals surface area contributed by atoms with E-state index < -0.39 is 29.3 Å². The van der Waals surface area contributed by atoms with E-state index >= 15 is 0 Å². The minimum absolute atomic E-state index is 0.0344. The van der Waals surface area contributed by atoms with Crippen molar-refractivity contribution in [2.75, 3.05) is 26.7 Å². The monoisotopic (exact) mass is 482 g/mol. The van der Waals surface area contributed by atoms with Gasteiger partial charge in [0.1, 0.15) is 17.0 Å². The van der Waals surface area contributed by atoms with Crippen LogP contribution in [0.2, 0.25) is 0 Å². The summed E-state index contributed by atoms with van der Waals surface area (Å²) >= 11 is 0. The van der Waals surface area contributed by atoms with Crippen molar-refractivity contribution in [3.63, 3.8) is 0 Å². The standard InChI is InChI=1S/C25H27FN4O5/c1-29-23(32)25(15-17-5-3-2-4-6-17)16-30(13-11-21(25)28-29)22(31)20(35-24(27)33)12-14-34-19-9-7-18(26)8-10-19/h2-10,20H,11-16H2,1H3,(H2,27,33)/t20?,25-/m1/s1. The highest BCUT2D eigenvalue weighted by atomic mass is 19.1. The summed E-state index contributed by atoms with van der Waals surface area (Å²) in [6.45, 7) is 0.472. The molecule has 4 rings (SSSR count). The molecule has 1 saturated heterocycles. The minimum Gasteiger partial charge on any atom is -0.493 e. The Balaban J connectivity index is 1.49. The number of nitrogens with two attached hydrogens (primary N) is 1. The molecule has 0 bridgehead atoms. The lowest BCUT2D eigenvalue weighted by Gasteiger charge is -2.40. The molecule has 2 N–H and O–H groups in total. The highest BCUT2D eigenvalue weighted by molar-refractivity contribution is 6.13. The first-order valence-corrected chi connectivity index (χ1v) is 11.3. The van der Waals surface area contributed by atoms with E-state index in [0.29, 0.717) is 25.1 Å². The van der Waals surface area contributed by atoms with Gasteiger partial charge in [-0.1, -0.05) is 30.3 Å². The van der Waals surface area contributed by atoms with Gasteiger partial charge in [0.05, 0.1) is 12.3 Å². The number of hydrogen-bond acceptors (Lipinski definition) is 6. The van der Waals surface area contributed by atoms with Gasteiger partial charge in [-0.15, -0.1) is 0 Å². The molecule has 1 fully saturated rings. The zero-order chi connectivity index (χ0) is 25.0. The number of fused-ring (bicyclic) bond motifs is 1. The highest BCUT2D eigenvalue weighted by Crippen LogP contribution is 2.38. The fourth-order valence-corrected chi connectivity index (χ4v) is 4.61. The van der Waals surface area contributed by atoms with Crippen molar-refractivity contribution in [2.24, 2.45) is 16.3 Å². The number of benzene rings is 2. The summed E-state index contributed by atoms with van der Waals surface area (Å²) in [6, 6.07) is 15.0. The first-order valence-electron chi connectivity index (χ1n) is 11.3. The van der Waals surface area contributed by atoms with E-state index in [0.717, 1.165) is 11.3 Å². The van der Waals surface area contributed by atoms with Gasteiger partial charge in [-0.3, -0.25) is 9.59 Å². The van der Waals surface area contributed by atoms with Crippen LogP contribution in [0.25, 0.3) is 0 Å². The first kappa shape index (κ1) is 24.2. The molecular weight excluding hydrogens is 455 g/mol. The number of primary amides is 1. The maximum atomic E-state index is 13.4. The van der Waals surface area contributed by atoms with Crippen molar-refractivity contribution in [2.45, 2.75) is 25.4 Å². The lowest BCUT2D eigenvalue weighted by Crippen LogP contribution is -2.57. The van der Waals surface area contributed by atoms with E-state index in [1.54, 1.807) is 7.05 Å². The second-order valence-corrected chi connectivity index (χ2v) is 8.65. The number of ether oxygens (including phenoxy) is 2. The molecular formula is C25H27FN4O5. The van der Waals surface area contributed by atoms with Crippen molar-refractivity contribution in [3.05, 3.63) is 66.0 Å². The molecule has 2 heterocycles. The Morgan fingerprint density at radius 2 is 1.89 bits per heavy atom. The Labute approximate surface area is 202 Å². The van der Waals surface area contributed by atoms with Crippen LogP contribution in [0.3, 0.4) is 0 Å². The van der Waals surface area contributed by atoms with Crippen LogP contribution in [0.15, 0.2) is 59.7 Å². The minimum atomic E-state index is -1.19. The normalized spacial score (nSPS) is 20.2. The van der Waals surface area contributed by atoms with E-state index in [1.807, 2.05) is 30.3 Å². The van der Waals surface area contributed by atoms with E-state index in [-0.39, 0.29) is 25.5 Å². The molecule has 2 atom stereocenters. The number of halogens is 1. The van der Waals surface area contributed by atoms with Crippen LogP contribution in [0.1, 0.15) is 18.4 Å². The van der Waals surface area contributed by atoms with Crippen LogP contribution < -0.4 is 10.5 Å². The third-order valence-electron chi connectivity index (χ3n) is 6.26. The fourth-order valence-electron chi connectivity index (χ4n) is 4.61. The Morgan fingerprint density at radius 3 is 2.57 bits per heavy atom. The number of nitrogens with zero attached hydrogens (tertiary/aromatic N) is 3. The summed E-state index contributed by atoms with van der Waals surface area (Å²) in [5.74, 6) is -0.620. The molecule has 35 heavy (non-hydrogen) atoms. The number of amides is 3. The zero-order valence-electron chi connectivity index (χ0n) is 19.4. The predicted octanol–water partition coefficient (Wildman–Crippen LogP) is 2.35. The molecule has 3 amide bonds. The van der Waals surface area contributed by atoms with Crippen molar-refractivity contribution in [1.29, 1.82) is 0 Å². The van der Waals surface area contributed by atoms with Crippen LogP contribution in [-0.4, -0.2) is 66.4 Å². The van der Waals surface area contributed by atoms with E-state index in [1.165, 1.54) is 34.2 Å². The Morgan fingerprint density at radius 1 is 1.17 bits per heavy atom. The van der Waals surface area contributed by atoms with Gasteiger partial charge in [0.25, 0.3) is 11.8 Å². The Hall–Kier alpha value is -3.95. The number of rotatable bonds is 8. The van der Waals surface area contributed by atoms with Gasteiger partial charge in [0.15, 0.2) is 6.10 Å². The summed E-state index contributed by atoms with van der Waals surface area (Å²) in [7, 11) is 1.61. The quantitative estimate of drug-likeness (QED) is 0.620. The van der Waals surface area contributed by atoms with Gasteiger partial charge in [0, 0.05) is 33.0 Å². The van der Waals surface area contributed by atoms with Gasteiger partial charge >= 0.3 is 6.09 Å². The molecule has 9 nitrogen and oxygen atoms in total. The molecule has 2 aromatic carbocycles. The summed E-state index contributed by atoms with van der Waals surface area (Å²) in [5, 5.41) is 5.78. The fraction of sp³-hybridized carbons (Fsp3) is 0.360. The van der Waals surface area contributed by atoms with E-state index in [4.69, 9.17) is 15.2 Å². The molecule has 0 radical (unpaired) electrons. The third kappa shape index (κ3) is 5.26. The third-order valence-corrected chi connectivity index (χ3v) is 6.26. The highest BCUT2D eigenvalue weighted by Gasteiger charge is 2.54. The molecule has 0 aromatic heterocycles. The molecule has 0 saturated carbocycles. The summed E-state index contributed by atoms with van der Waals surface area (Å²) in [4.78, 5) is 39.7. The topological polar surface area (TPSA) is 115 Å². The predicted molar refractivity (Wildman–Crippen MR) is 125 cm³/mol. The Bertz CT molecular complexity index is 1120. The van der Waals surface area contributed by atoms with E-state index in [9.17, 15) is 18.8 Å². The number of carbonyl (C=O) groups excluding carboxylic acids is 3.